The lowest BCUT2D eigenvalue weighted by atomic mass is 9.94. The molecule has 156 valence electrons. The minimum Gasteiger partial charge on any atom is -0.378 e. The first-order valence-corrected chi connectivity index (χ1v) is 11.6. The first-order valence-electron chi connectivity index (χ1n) is 9.80. The molecular formula is C22H27ClN2O3S. The van der Waals surface area contributed by atoms with Crippen molar-refractivity contribution in [2.75, 3.05) is 25.0 Å². The molecule has 2 atom stereocenters. The average Bonchev–Trinajstić information content (AvgIpc) is 2.68. The Bertz CT molecular complexity index is 997. The third-order valence-electron chi connectivity index (χ3n) is 5.25. The maximum atomic E-state index is 13.1. The third kappa shape index (κ3) is 5.18. The molecule has 1 saturated heterocycles. The number of sulfonamides is 1. The Balaban J connectivity index is 1.74. The molecule has 2 unspecified atom stereocenters. The van der Waals surface area contributed by atoms with E-state index in [1.807, 2.05) is 19.1 Å². The van der Waals surface area contributed by atoms with Crippen LogP contribution in [0.3, 0.4) is 0 Å². The second-order valence-corrected chi connectivity index (χ2v) is 10.4. The number of halogens is 1. The van der Waals surface area contributed by atoms with E-state index in [2.05, 4.69) is 19.2 Å². The molecule has 29 heavy (non-hydrogen) atoms. The molecule has 1 N–H and O–H groups in total. The molecule has 1 fully saturated rings. The lowest BCUT2D eigenvalue weighted by molar-refractivity contribution is 0.101. The van der Waals surface area contributed by atoms with Gasteiger partial charge in [0.25, 0.3) is 0 Å². The topological polar surface area (TPSA) is 66.5 Å². The number of hydrogen-bond donors (Lipinski definition) is 1. The van der Waals surface area contributed by atoms with Gasteiger partial charge >= 0.3 is 0 Å². The van der Waals surface area contributed by atoms with E-state index >= 15 is 0 Å². The zero-order valence-electron chi connectivity index (χ0n) is 17.0. The van der Waals surface area contributed by atoms with Crippen molar-refractivity contribution in [3.05, 3.63) is 58.6 Å². The van der Waals surface area contributed by atoms with Gasteiger partial charge in [0.2, 0.25) is 10.0 Å². The van der Waals surface area contributed by atoms with Crippen LogP contribution in [-0.4, -0.2) is 38.1 Å². The van der Waals surface area contributed by atoms with Crippen molar-refractivity contribution < 1.29 is 13.2 Å². The van der Waals surface area contributed by atoms with Crippen LogP contribution in [0.2, 0.25) is 5.02 Å². The molecule has 0 aromatic heterocycles. The van der Waals surface area contributed by atoms with Gasteiger partial charge in [-0.05, 0) is 55.0 Å². The summed E-state index contributed by atoms with van der Waals surface area (Å²) in [7, 11) is -3.62. The SMILES string of the molecule is Cc1ccc(NCC(=O)c2cccc(S(=O)(=O)N3CC(C)CC(C)C3)c2)cc1Cl. The van der Waals surface area contributed by atoms with Gasteiger partial charge in [-0.1, -0.05) is 43.6 Å². The Morgan fingerprint density at radius 2 is 1.83 bits per heavy atom. The number of hydrogen-bond acceptors (Lipinski definition) is 4. The summed E-state index contributed by atoms with van der Waals surface area (Å²) in [5, 5.41) is 3.68. The van der Waals surface area contributed by atoms with Crippen LogP contribution in [0.15, 0.2) is 47.4 Å². The van der Waals surface area contributed by atoms with Gasteiger partial charge in [-0.15, -0.1) is 0 Å². The summed E-state index contributed by atoms with van der Waals surface area (Å²) in [4.78, 5) is 12.8. The van der Waals surface area contributed by atoms with E-state index in [0.29, 0.717) is 35.5 Å². The first kappa shape index (κ1) is 21.8. The molecule has 0 aliphatic carbocycles. The Hall–Kier alpha value is -1.89. The van der Waals surface area contributed by atoms with Crippen LogP contribution in [0.25, 0.3) is 0 Å². The lowest BCUT2D eigenvalue weighted by Gasteiger charge is -2.34. The van der Waals surface area contributed by atoms with E-state index < -0.39 is 10.0 Å². The van der Waals surface area contributed by atoms with Crippen LogP contribution in [0.5, 0.6) is 0 Å². The van der Waals surface area contributed by atoms with Crippen molar-refractivity contribution in [3.8, 4) is 0 Å². The highest BCUT2D eigenvalue weighted by atomic mass is 35.5. The number of benzene rings is 2. The number of nitrogens with zero attached hydrogens (tertiary/aromatic N) is 1. The van der Waals surface area contributed by atoms with Crippen molar-refractivity contribution in [2.45, 2.75) is 32.1 Å². The van der Waals surface area contributed by atoms with Gasteiger partial charge in [0, 0.05) is 29.4 Å². The third-order valence-corrected chi connectivity index (χ3v) is 7.49. The number of carbonyl (C=O) groups is 1. The highest BCUT2D eigenvalue weighted by Gasteiger charge is 2.31. The zero-order chi connectivity index (χ0) is 21.2. The summed E-state index contributed by atoms with van der Waals surface area (Å²) in [5.41, 5.74) is 2.08. The molecule has 0 amide bonds. The smallest absolute Gasteiger partial charge is 0.243 e. The first-order chi connectivity index (χ1) is 13.7. The van der Waals surface area contributed by atoms with Gasteiger partial charge < -0.3 is 5.32 Å². The normalized spacial score (nSPS) is 20.4. The minimum atomic E-state index is -3.62. The van der Waals surface area contributed by atoms with Crippen molar-refractivity contribution in [3.63, 3.8) is 0 Å². The number of Topliss-reactive ketones (excluding diaryl/α,β-unsaturated/α-hetero) is 1. The van der Waals surface area contributed by atoms with Crippen molar-refractivity contribution in [2.24, 2.45) is 11.8 Å². The standard InChI is InChI=1S/C22H27ClN2O3S/c1-15-9-16(2)14-25(13-15)29(27,28)20-6-4-5-18(10-20)22(26)12-24-19-8-7-17(3)21(23)11-19/h4-8,10-11,15-16,24H,9,12-14H2,1-3H3. The van der Waals surface area contributed by atoms with Gasteiger partial charge in [0.15, 0.2) is 5.78 Å². The van der Waals surface area contributed by atoms with Crippen LogP contribution in [-0.2, 0) is 10.0 Å². The number of rotatable bonds is 6. The molecule has 0 radical (unpaired) electrons. The molecule has 0 saturated carbocycles. The molecule has 0 bridgehead atoms. The van der Waals surface area contributed by atoms with Crippen LogP contribution >= 0.6 is 11.6 Å². The number of piperidine rings is 1. The second kappa shape index (κ2) is 8.86. The predicted octanol–water partition coefficient (Wildman–Crippen LogP) is 4.61. The lowest BCUT2D eigenvalue weighted by Crippen LogP contribution is -2.42. The molecule has 1 aliphatic heterocycles. The Morgan fingerprint density at radius 3 is 2.48 bits per heavy atom. The van der Waals surface area contributed by atoms with E-state index in [0.717, 1.165) is 17.7 Å². The fourth-order valence-electron chi connectivity index (χ4n) is 3.77. The van der Waals surface area contributed by atoms with E-state index in [1.54, 1.807) is 28.6 Å². The molecule has 0 spiro atoms. The van der Waals surface area contributed by atoms with Crippen LogP contribution in [0.4, 0.5) is 5.69 Å². The summed E-state index contributed by atoms with van der Waals surface area (Å²) in [5.74, 6) is 0.465. The molecule has 2 aromatic carbocycles. The molecule has 3 rings (SSSR count). The van der Waals surface area contributed by atoms with E-state index in [4.69, 9.17) is 11.6 Å². The number of anilines is 1. The fraction of sp³-hybridized carbons (Fsp3) is 0.409. The van der Waals surface area contributed by atoms with E-state index in [9.17, 15) is 13.2 Å². The molecule has 1 heterocycles. The summed E-state index contributed by atoms with van der Waals surface area (Å²) in [6.45, 7) is 7.14. The monoisotopic (exact) mass is 434 g/mol. The number of nitrogens with one attached hydrogen (secondary N) is 1. The van der Waals surface area contributed by atoms with E-state index in [-0.39, 0.29) is 17.2 Å². The zero-order valence-corrected chi connectivity index (χ0v) is 18.6. The minimum absolute atomic E-state index is 0.0562. The quantitative estimate of drug-likeness (QED) is 0.674. The average molecular weight is 435 g/mol. The van der Waals surface area contributed by atoms with Gasteiger partial charge in [0.05, 0.1) is 11.4 Å². The Morgan fingerprint density at radius 1 is 1.14 bits per heavy atom. The maximum Gasteiger partial charge on any atom is 0.243 e. The molecule has 1 aliphatic rings. The summed E-state index contributed by atoms with van der Waals surface area (Å²) >= 11 is 6.12. The summed E-state index contributed by atoms with van der Waals surface area (Å²) < 4.78 is 27.7. The molecule has 2 aromatic rings. The van der Waals surface area contributed by atoms with Crippen molar-refractivity contribution in [1.29, 1.82) is 0 Å². The van der Waals surface area contributed by atoms with Gasteiger partial charge in [-0.2, -0.15) is 4.31 Å². The van der Waals surface area contributed by atoms with Gasteiger partial charge in [0.1, 0.15) is 0 Å². The molecule has 7 heteroatoms. The predicted molar refractivity (Wildman–Crippen MR) is 117 cm³/mol. The Labute approximate surface area is 178 Å². The Kier molecular flexibility index (Phi) is 6.66. The van der Waals surface area contributed by atoms with Gasteiger partial charge in [-0.25, -0.2) is 8.42 Å². The number of ketones is 1. The van der Waals surface area contributed by atoms with Crippen LogP contribution < -0.4 is 5.32 Å². The van der Waals surface area contributed by atoms with Crippen molar-refractivity contribution >= 4 is 33.1 Å². The summed E-state index contributed by atoms with van der Waals surface area (Å²) in [6, 6.07) is 11.8. The van der Waals surface area contributed by atoms with Crippen molar-refractivity contribution in [1.82, 2.24) is 4.31 Å². The number of carbonyl (C=O) groups excluding carboxylic acids is 1. The molecule has 5 nitrogen and oxygen atoms in total. The summed E-state index contributed by atoms with van der Waals surface area (Å²) in [6.07, 6.45) is 1.03. The van der Waals surface area contributed by atoms with Crippen LogP contribution in [0, 0.1) is 18.8 Å². The molecular weight excluding hydrogens is 408 g/mol. The van der Waals surface area contributed by atoms with E-state index in [1.165, 1.54) is 6.07 Å². The fourth-order valence-corrected chi connectivity index (χ4v) is 5.67. The largest absolute Gasteiger partial charge is 0.378 e. The maximum absolute atomic E-state index is 13.1. The number of aryl methyl sites for hydroxylation is 1. The second-order valence-electron chi connectivity index (χ2n) is 8.04. The van der Waals surface area contributed by atoms with Gasteiger partial charge in [-0.3, -0.25) is 4.79 Å². The highest BCUT2D eigenvalue weighted by Crippen LogP contribution is 2.27. The van der Waals surface area contributed by atoms with Crippen LogP contribution in [0.1, 0.15) is 36.2 Å². The highest BCUT2D eigenvalue weighted by molar-refractivity contribution is 7.89.